The van der Waals surface area contributed by atoms with E-state index in [4.69, 9.17) is 20.9 Å². The number of nitrogens with two attached hydrogens (primary N) is 2. The van der Waals surface area contributed by atoms with E-state index in [9.17, 15) is 4.79 Å². The summed E-state index contributed by atoms with van der Waals surface area (Å²) in [7, 11) is 0. The Hall–Kier alpha value is -3.14. The van der Waals surface area contributed by atoms with Crippen LogP contribution in [-0.2, 0) is 0 Å². The van der Waals surface area contributed by atoms with Crippen LogP contribution in [0.3, 0.4) is 0 Å². The van der Waals surface area contributed by atoms with Gasteiger partial charge in [0.15, 0.2) is 23.0 Å². The normalized spacial score (nSPS) is 20.9. The van der Waals surface area contributed by atoms with Gasteiger partial charge in [-0.1, -0.05) is 18.9 Å². The van der Waals surface area contributed by atoms with E-state index in [2.05, 4.69) is 25.8 Å². The smallest absolute Gasteiger partial charge is 0.273 e. The minimum atomic E-state index is -0.733. The molecule has 1 aromatic heterocycles. The van der Waals surface area contributed by atoms with Crippen molar-refractivity contribution in [3.8, 4) is 11.5 Å². The number of fused-ring (bicyclic) bond motifs is 1. The first-order valence-corrected chi connectivity index (χ1v) is 8.84. The molecule has 2 aromatic rings. The highest BCUT2D eigenvalue weighted by Crippen LogP contribution is 2.40. The van der Waals surface area contributed by atoms with Crippen molar-refractivity contribution in [1.29, 1.82) is 0 Å². The molecule has 6 N–H and O–H groups in total. The number of hydrogen-bond donors (Lipinski definition) is 4. The van der Waals surface area contributed by atoms with Crippen molar-refractivity contribution >= 4 is 23.4 Å². The lowest BCUT2D eigenvalue weighted by atomic mass is 9.91. The van der Waals surface area contributed by atoms with Crippen molar-refractivity contribution in [3.05, 3.63) is 23.9 Å². The summed E-state index contributed by atoms with van der Waals surface area (Å²) in [6.07, 6.45) is 4.09. The molecule has 0 spiro atoms. The molecule has 2 heterocycles. The molecule has 4 rings (SSSR count). The molecular formula is C17H21N7O3. The van der Waals surface area contributed by atoms with E-state index in [1.807, 2.05) is 0 Å². The molecule has 0 bridgehead atoms. The van der Waals surface area contributed by atoms with Crippen LogP contribution in [0.2, 0.25) is 0 Å². The highest BCUT2D eigenvalue weighted by molar-refractivity contribution is 5.96. The van der Waals surface area contributed by atoms with Crippen LogP contribution in [0.15, 0.2) is 18.2 Å². The van der Waals surface area contributed by atoms with Gasteiger partial charge in [0, 0.05) is 12.1 Å². The van der Waals surface area contributed by atoms with Crippen molar-refractivity contribution in [2.24, 2.45) is 11.5 Å². The number of nitrogens with one attached hydrogen (secondary N) is 2. The Kier molecular flexibility index (Phi) is 4.63. The standard InChI is InChI=1S/C17H21N7O3/c18-9-4-1-2-5-10(9)21-17-22-16(13(15(19)25)23-24-17)20-11-6-3-7-12-14(11)27-8-26-12/h3,6-7,9-10H,1-2,4-5,8,18H2,(H2,19,25)(H2,20,21,22,24). The highest BCUT2D eigenvalue weighted by Gasteiger charge is 2.24. The van der Waals surface area contributed by atoms with Crippen LogP contribution in [-0.4, -0.2) is 40.0 Å². The van der Waals surface area contributed by atoms with E-state index in [0.717, 1.165) is 25.7 Å². The molecule has 10 heteroatoms. The topological polar surface area (TPSA) is 150 Å². The molecule has 0 radical (unpaired) electrons. The maximum atomic E-state index is 11.7. The molecule has 2 aliphatic rings. The first kappa shape index (κ1) is 17.3. The fourth-order valence-electron chi connectivity index (χ4n) is 3.30. The Morgan fingerprint density at radius 1 is 1.19 bits per heavy atom. The second kappa shape index (κ2) is 7.23. The zero-order valence-electron chi connectivity index (χ0n) is 14.6. The fraction of sp³-hybridized carbons (Fsp3) is 0.412. The number of nitrogens with zero attached hydrogens (tertiary/aromatic N) is 3. The zero-order valence-corrected chi connectivity index (χ0v) is 14.6. The van der Waals surface area contributed by atoms with Gasteiger partial charge in [0.05, 0.1) is 5.69 Å². The number of hydrogen-bond acceptors (Lipinski definition) is 9. The summed E-state index contributed by atoms with van der Waals surface area (Å²) in [6.45, 7) is 0.130. The first-order valence-electron chi connectivity index (χ1n) is 8.84. The van der Waals surface area contributed by atoms with Gasteiger partial charge >= 0.3 is 0 Å². The van der Waals surface area contributed by atoms with Crippen LogP contribution >= 0.6 is 0 Å². The molecule has 1 saturated carbocycles. The number of para-hydroxylation sites is 1. The predicted octanol–water partition coefficient (Wildman–Crippen LogP) is 1.12. The number of benzene rings is 1. The van der Waals surface area contributed by atoms with Crippen LogP contribution in [0.25, 0.3) is 0 Å². The SMILES string of the molecule is NC(=O)c1nnc(NC2CCCCC2N)nc1Nc1cccc2c1OCO2. The molecule has 1 aliphatic carbocycles. The Balaban J connectivity index is 1.62. The first-order chi connectivity index (χ1) is 13.1. The van der Waals surface area contributed by atoms with Crippen LogP contribution in [0.1, 0.15) is 36.2 Å². The molecule has 1 amide bonds. The van der Waals surface area contributed by atoms with E-state index >= 15 is 0 Å². The number of primary amides is 1. The van der Waals surface area contributed by atoms with Gasteiger partial charge in [0.2, 0.25) is 12.7 Å². The molecule has 1 fully saturated rings. The third-order valence-electron chi connectivity index (χ3n) is 4.70. The third kappa shape index (κ3) is 3.56. The molecule has 2 unspecified atom stereocenters. The van der Waals surface area contributed by atoms with Gasteiger partial charge in [-0.05, 0) is 25.0 Å². The Bertz CT molecular complexity index is 860. The average molecular weight is 371 g/mol. The largest absolute Gasteiger partial charge is 0.454 e. The lowest BCUT2D eigenvalue weighted by Crippen LogP contribution is -2.43. The number of carbonyl (C=O) groups excluding carboxylic acids is 1. The number of rotatable bonds is 5. The van der Waals surface area contributed by atoms with Crippen LogP contribution in [0.4, 0.5) is 17.5 Å². The Morgan fingerprint density at radius 3 is 2.85 bits per heavy atom. The van der Waals surface area contributed by atoms with Gasteiger partial charge in [0.25, 0.3) is 5.91 Å². The molecule has 1 aliphatic heterocycles. The lowest BCUT2D eigenvalue weighted by Gasteiger charge is -2.29. The van der Waals surface area contributed by atoms with Gasteiger partial charge in [-0.3, -0.25) is 4.79 Å². The van der Waals surface area contributed by atoms with Gasteiger partial charge < -0.3 is 31.6 Å². The number of aromatic nitrogens is 3. The summed E-state index contributed by atoms with van der Waals surface area (Å²) in [4.78, 5) is 16.1. The van der Waals surface area contributed by atoms with Gasteiger partial charge in [-0.2, -0.15) is 4.98 Å². The van der Waals surface area contributed by atoms with E-state index in [1.165, 1.54) is 0 Å². The van der Waals surface area contributed by atoms with Crippen molar-refractivity contribution in [3.63, 3.8) is 0 Å². The maximum absolute atomic E-state index is 11.7. The van der Waals surface area contributed by atoms with Crippen molar-refractivity contribution in [1.82, 2.24) is 15.2 Å². The summed E-state index contributed by atoms with van der Waals surface area (Å²) in [5.74, 6) is 0.885. The molecule has 1 aromatic carbocycles. The second-order valence-electron chi connectivity index (χ2n) is 6.56. The van der Waals surface area contributed by atoms with Gasteiger partial charge in [-0.15, -0.1) is 10.2 Å². The quantitative estimate of drug-likeness (QED) is 0.606. The Morgan fingerprint density at radius 2 is 2.04 bits per heavy atom. The number of anilines is 3. The van der Waals surface area contributed by atoms with E-state index < -0.39 is 5.91 Å². The average Bonchev–Trinajstić information content (AvgIpc) is 3.13. The molecule has 142 valence electrons. The van der Waals surface area contributed by atoms with Crippen LogP contribution in [0, 0.1) is 0 Å². The minimum absolute atomic E-state index is 0.0255. The number of carbonyl (C=O) groups is 1. The number of ether oxygens (including phenoxy) is 2. The summed E-state index contributed by atoms with van der Waals surface area (Å²) in [5, 5.41) is 14.2. The molecular weight excluding hydrogens is 350 g/mol. The summed E-state index contributed by atoms with van der Waals surface area (Å²) < 4.78 is 10.8. The second-order valence-corrected chi connectivity index (χ2v) is 6.56. The van der Waals surface area contributed by atoms with Gasteiger partial charge in [-0.25, -0.2) is 0 Å². The zero-order chi connectivity index (χ0) is 18.8. The van der Waals surface area contributed by atoms with E-state index in [0.29, 0.717) is 17.2 Å². The lowest BCUT2D eigenvalue weighted by molar-refractivity contribution is 0.0995. The predicted molar refractivity (Wildman–Crippen MR) is 98.0 cm³/mol. The summed E-state index contributed by atoms with van der Waals surface area (Å²) in [6, 6.07) is 5.46. The maximum Gasteiger partial charge on any atom is 0.273 e. The van der Waals surface area contributed by atoms with E-state index in [1.54, 1.807) is 18.2 Å². The monoisotopic (exact) mass is 371 g/mol. The Labute approximate surface area is 155 Å². The fourth-order valence-corrected chi connectivity index (χ4v) is 3.30. The molecule has 27 heavy (non-hydrogen) atoms. The van der Waals surface area contributed by atoms with Crippen molar-refractivity contribution < 1.29 is 14.3 Å². The minimum Gasteiger partial charge on any atom is -0.454 e. The third-order valence-corrected chi connectivity index (χ3v) is 4.70. The molecule has 0 saturated heterocycles. The van der Waals surface area contributed by atoms with Crippen LogP contribution < -0.4 is 31.6 Å². The van der Waals surface area contributed by atoms with Crippen molar-refractivity contribution in [2.75, 3.05) is 17.4 Å². The number of amides is 1. The van der Waals surface area contributed by atoms with Crippen LogP contribution in [0.5, 0.6) is 11.5 Å². The highest BCUT2D eigenvalue weighted by atomic mass is 16.7. The summed E-state index contributed by atoms with van der Waals surface area (Å²) in [5.41, 5.74) is 12.1. The molecule has 2 atom stereocenters. The summed E-state index contributed by atoms with van der Waals surface area (Å²) >= 11 is 0. The molecule has 10 nitrogen and oxygen atoms in total. The van der Waals surface area contributed by atoms with Gasteiger partial charge in [0.1, 0.15) is 0 Å². The van der Waals surface area contributed by atoms with Crippen molar-refractivity contribution in [2.45, 2.75) is 37.8 Å². The van der Waals surface area contributed by atoms with E-state index in [-0.39, 0.29) is 36.3 Å².